The second-order valence-corrected chi connectivity index (χ2v) is 4.60. The van der Waals surface area contributed by atoms with E-state index in [-0.39, 0.29) is 0 Å². The van der Waals surface area contributed by atoms with E-state index in [0.29, 0.717) is 13.2 Å². The summed E-state index contributed by atoms with van der Waals surface area (Å²) in [5.74, 6) is 0.783. The van der Waals surface area contributed by atoms with Crippen molar-refractivity contribution in [3.63, 3.8) is 0 Å². The number of hydrogen-bond donors (Lipinski definition) is 2. The molecule has 108 valence electrons. The molecule has 0 aliphatic rings. The van der Waals surface area contributed by atoms with Crippen LogP contribution in [0.3, 0.4) is 0 Å². The molecule has 1 heterocycles. The van der Waals surface area contributed by atoms with E-state index in [1.54, 1.807) is 6.20 Å². The molecule has 2 aromatic rings. The minimum absolute atomic E-state index is 0.302. The standard InChI is InChI=1S/C15H21N3O2/c19-14(13-20-15-6-2-1-3-7-15)12-16-8-4-10-18-11-5-9-17-18/h1-3,5-7,9,11,14,16,19H,4,8,10,12-13H2. The molecule has 0 saturated heterocycles. The summed E-state index contributed by atoms with van der Waals surface area (Å²) in [5.41, 5.74) is 0. The van der Waals surface area contributed by atoms with Crippen molar-refractivity contribution in [1.82, 2.24) is 15.1 Å². The summed E-state index contributed by atoms with van der Waals surface area (Å²) < 4.78 is 7.38. The smallest absolute Gasteiger partial charge is 0.119 e. The summed E-state index contributed by atoms with van der Waals surface area (Å²) in [4.78, 5) is 0. The van der Waals surface area contributed by atoms with Gasteiger partial charge in [-0.05, 0) is 31.2 Å². The van der Waals surface area contributed by atoms with E-state index >= 15 is 0 Å². The van der Waals surface area contributed by atoms with Crippen molar-refractivity contribution >= 4 is 0 Å². The number of benzene rings is 1. The van der Waals surface area contributed by atoms with Crippen molar-refractivity contribution < 1.29 is 9.84 Å². The van der Waals surface area contributed by atoms with Crippen molar-refractivity contribution in [3.05, 3.63) is 48.8 Å². The summed E-state index contributed by atoms with van der Waals surface area (Å²) in [6.45, 7) is 2.57. The molecule has 0 aliphatic carbocycles. The van der Waals surface area contributed by atoms with Crippen LogP contribution in [0.4, 0.5) is 0 Å². The average Bonchev–Trinajstić information content (AvgIpc) is 2.99. The zero-order valence-corrected chi connectivity index (χ0v) is 11.5. The fourth-order valence-corrected chi connectivity index (χ4v) is 1.84. The molecule has 5 nitrogen and oxygen atoms in total. The maximum absolute atomic E-state index is 9.79. The van der Waals surface area contributed by atoms with Crippen LogP contribution in [0.25, 0.3) is 0 Å². The molecule has 0 aliphatic heterocycles. The van der Waals surface area contributed by atoms with Crippen LogP contribution >= 0.6 is 0 Å². The Bertz CT molecular complexity index is 459. The molecule has 1 aromatic carbocycles. The molecule has 1 aromatic heterocycles. The monoisotopic (exact) mass is 275 g/mol. The largest absolute Gasteiger partial charge is 0.491 e. The predicted molar refractivity (Wildman–Crippen MR) is 77.7 cm³/mol. The van der Waals surface area contributed by atoms with Crippen LogP contribution < -0.4 is 10.1 Å². The van der Waals surface area contributed by atoms with E-state index in [2.05, 4.69) is 10.4 Å². The Morgan fingerprint density at radius 1 is 1.25 bits per heavy atom. The molecule has 0 radical (unpaired) electrons. The Morgan fingerprint density at radius 3 is 2.85 bits per heavy atom. The van der Waals surface area contributed by atoms with Crippen LogP contribution in [0, 0.1) is 0 Å². The molecular weight excluding hydrogens is 254 g/mol. The molecule has 0 saturated carbocycles. The van der Waals surface area contributed by atoms with Gasteiger partial charge in [0.15, 0.2) is 0 Å². The van der Waals surface area contributed by atoms with Crippen molar-refractivity contribution in [2.45, 2.75) is 19.1 Å². The highest BCUT2D eigenvalue weighted by Crippen LogP contribution is 2.08. The normalized spacial score (nSPS) is 12.2. The van der Waals surface area contributed by atoms with Gasteiger partial charge in [0.25, 0.3) is 0 Å². The molecule has 0 amide bonds. The highest BCUT2D eigenvalue weighted by molar-refractivity contribution is 5.20. The topological polar surface area (TPSA) is 59.3 Å². The number of nitrogens with one attached hydrogen (secondary N) is 1. The molecule has 2 rings (SSSR count). The molecular formula is C15H21N3O2. The number of hydrogen-bond acceptors (Lipinski definition) is 4. The van der Waals surface area contributed by atoms with E-state index in [4.69, 9.17) is 4.74 Å². The molecule has 1 atom stereocenters. The molecule has 0 bridgehead atoms. The Kier molecular flexibility index (Phi) is 6.07. The molecule has 20 heavy (non-hydrogen) atoms. The summed E-state index contributed by atoms with van der Waals surface area (Å²) in [5, 5.41) is 17.1. The van der Waals surface area contributed by atoms with Gasteiger partial charge in [0, 0.05) is 25.5 Å². The van der Waals surface area contributed by atoms with Crippen LogP contribution in [-0.4, -0.2) is 40.7 Å². The van der Waals surface area contributed by atoms with E-state index < -0.39 is 6.10 Å². The van der Waals surface area contributed by atoms with Gasteiger partial charge in [-0.15, -0.1) is 0 Å². The van der Waals surface area contributed by atoms with Gasteiger partial charge in [0.05, 0.1) is 0 Å². The fourth-order valence-electron chi connectivity index (χ4n) is 1.84. The molecule has 0 fully saturated rings. The first-order chi connectivity index (χ1) is 9.84. The van der Waals surface area contributed by atoms with Crippen molar-refractivity contribution in [1.29, 1.82) is 0 Å². The third-order valence-electron chi connectivity index (χ3n) is 2.87. The molecule has 5 heteroatoms. The number of aryl methyl sites for hydroxylation is 1. The zero-order chi connectivity index (χ0) is 14.0. The lowest BCUT2D eigenvalue weighted by Gasteiger charge is -2.13. The third kappa shape index (κ3) is 5.42. The highest BCUT2D eigenvalue weighted by atomic mass is 16.5. The lowest BCUT2D eigenvalue weighted by molar-refractivity contribution is 0.106. The first kappa shape index (κ1) is 14.6. The van der Waals surface area contributed by atoms with Gasteiger partial charge in [0.2, 0.25) is 0 Å². The summed E-state index contributed by atoms with van der Waals surface area (Å²) >= 11 is 0. The number of rotatable bonds is 9. The molecule has 2 N–H and O–H groups in total. The second kappa shape index (κ2) is 8.35. The fraction of sp³-hybridized carbons (Fsp3) is 0.400. The Hall–Kier alpha value is -1.85. The van der Waals surface area contributed by atoms with Crippen molar-refractivity contribution in [2.75, 3.05) is 19.7 Å². The quantitative estimate of drug-likeness (QED) is 0.677. The minimum Gasteiger partial charge on any atom is -0.491 e. The first-order valence-corrected chi connectivity index (χ1v) is 6.88. The van der Waals surface area contributed by atoms with Crippen LogP contribution in [-0.2, 0) is 6.54 Å². The van der Waals surface area contributed by atoms with Gasteiger partial charge < -0.3 is 15.2 Å². The molecule has 0 spiro atoms. The minimum atomic E-state index is -0.500. The highest BCUT2D eigenvalue weighted by Gasteiger charge is 2.04. The maximum Gasteiger partial charge on any atom is 0.119 e. The predicted octanol–water partition coefficient (Wildman–Crippen LogP) is 1.30. The lowest BCUT2D eigenvalue weighted by atomic mass is 10.3. The number of aliphatic hydroxyl groups is 1. The second-order valence-electron chi connectivity index (χ2n) is 4.60. The Morgan fingerprint density at radius 2 is 2.10 bits per heavy atom. The van der Waals surface area contributed by atoms with Gasteiger partial charge >= 0.3 is 0 Å². The molecule has 1 unspecified atom stereocenters. The number of aliphatic hydroxyl groups excluding tert-OH is 1. The zero-order valence-electron chi connectivity index (χ0n) is 11.5. The maximum atomic E-state index is 9.79. The third-order valence-corrected chi connectivity index (χ3v) is 2.87. The lowest BCUT2D eigenvalue weighted by Crippen LogP contribution is -2.32. The van der Waals surface area contributed by atoms with Crippen LogP contribution in [0.15, 0.2) is 48.8 Å². The van der Waals surface area contributed by atoms with Gasteiger partial charge in [-0.25, -0.2) is 0 Å². The van der Waals surface area contributed by atoms with E-state index in [1.165, 1.54) is 0 Å². The number of para-hydroxylation sites is 1. The van der Waals surface area contributed by atoms with Crippen LogP contribution in [0.2, 0.25) is 0 Å². The summed E-state index contributed by atoms with van der Waals surface area (Å²) in [7, 11) is 0. The van der Waals surface area contributed by atoms with Gasteiger partial charge in [-0.2, -0.15) is 5.10 Å². The number of aromatic nitrogens is 2. The Balaban J connectivity index is 1.51. The van der Waals surface area contributed by atoms with E-state index in [1.807, 2.05) is 47.3 Å². The SMILES string of the molecule is OC(CNCCCn1cccn1)COc1ccccc1. The van der Waals surface area contributed by atoms with Crippen LogP contribution in [0.5, 0.6) is 5.75 Å². The van der Waals surface area contributed by atoms with Gasteiger partial charge in [-0.3, -0.25) is 4.68 Å². The van der Waals surface area contributed by atoms with E-state index in [9.17, 15) is 5.11 Å². The van der Waals surface area contributed by atoms with Crippen LogP contribution in [0.1, 0.15) is 6.42 Å². The van der Waals surface area contributed by atoms with Crippen molar-refractivity contribution in [2.24, 2.45) is 0 Å². The van der Waals surface area contributed by atoms with Crippen molar-refractivity contribution in [3.8, 4) is 5.75 Å². The number of ether oxygens (including phenoxy) is 1. The average molecular weight is 275 g/mol. The van der Waals surface area contributed by atoms with Gasteiger partial charge in [-0.1, -0.05) is 18.2 Å². The van der Waals surface area contributed by atoms with E-state index in [0.717, 1.165) is 25.3 Å². The Labute approximate surface area is 119 Å². The number of nitrogens with zero attached hydrogens (tertiary/aromatic N) is 2. The summed E-state index contributed by atoms with van der Waals surface area (Å²) in [6.07, 6.45) is 4.20. The first-order valence-electron chi connectivity index (χ1n) is 6.88. The van der Waals surface area contributed by atoms with Gasteiger partial charge in [0.1, 0.15) is 18.5 Å². The summed E-state index contributed by atoms with van der Waals surface area (Å²) in [6, 6.07) is 11.4.